The maximum atomic E-state index is 12.9. The molecule has 0 heterocycles. The van der Waals surface area contributed by atoms with Gasteiger partial charge in [0.05, 0.1) is 11.5 Å². The number of ether oxygens (including phenoxy) is 1. The first-order chi connectivity index (χ1) is 9.77. The van der Waals surface area contributed by atoms with E-state index in [0.29, 0.717) is 0 Å². The fraction of sp³-hybridized carbons (Fsp3) is 0.500. The number of esters is 1. The normalized spacial score (nSPS) is 11.9. The van der Waals surface area contributed by atoms with Crippen LogP contribution in [0.3, 0.4) is 0 Å². The summed E-state index contributed by atoms with van der Waals surface area (Å²) in [7, 11) is -3.86. The second-order valence-corrected chi connectivity index (χ2v) is 6.89. The first-order valence-corrected chi connectivity index (χ1v) is 8.12. The molecule has 0 atom stereocenters. The van der Waals surface area contributed by atoms with Gasteiger partial charge in [0, 0.05) is 6.54 Å². The van der Waals surface area contributed by atoms with Crippen LogP contribution in [0.1, 0.15) is 20.8 Å². The van der Waals surface area contributed by atoms with Gasteiger partial charge < -0.3 is 4.74 Å². The minimum absolute atomic E-state index is 0.0367. The van der Waals surface area contributed by atoms with E-state index in [-0.39, 0.29) is 30.5 Å². The molecule has 0 N–H and O–H groups in total. The molecule has 0 saturated heterocycles. The van der Waals surface area contributed by atoms with Gasteiger partial charge in [-0.1, -0.05) is 13.8 Å². The van der Waals surface area contributed by atoms with Crippen LogP contribution in [0.25, 0.3) is 0 Å². The first kappa shape index (κ1) is 17.6. The highest BCUT2D eigenvalue weighted by atomic mass is 32.2. The highest BCUT2D eigenvalue weighted by Gasteiger charge is 2.27. The molecule has 118 valence electrons. The van der Waals surface area contributed by atoms with Gasteiger partial charge in [-0.25, -0.2) is 12.8 Å². The molecule has 1 rings (SSSR count). The van der Waals surface area contributed by atoms with Gasteiger partial charge in [-0.2, -0.15) is 4.31 Å². The first-order valence-electron chi connectivity index (χ1n) is 6.68. The van der Waals surface area contributed by atoms with Gasteiger partial charge in [-0.3, -0.25) is 4.79 Å². The van der Waals surface area contributed by atoms with Gasteiger partial charge in [0.25, 0.3) is 0 Å². The Balaban J connectivity index is 3.05. The number of nitrogens with zero attached hydrogens (tertiary/aromatic N) is 1. The average Bonchev–Trinajstić information content (AvgIpc) is 2.38. The molecular weight excluding hydrogens is 297 g/mol. The zero-order chi connectivity index (χ0) is 16.0. The van der Waals surface area contributed by atoms with Crippen molar-refractivity contribution in [2.45, 2.75) is 25.7 Å². The Labute approximate surface area is 124 Å². The summed E-state index contributed by atoms with van der Waals surface area (Å²) < 4.78 is 43.8. The highest BCUT2D eigenvalue weighted by Crippen LogP contribution is 2.17. The number of sulfonamides is 1. The Morgan fingerprint density at radius 2 is 1.86 bits per heavy atom. The van der Waals surface area contributed by atoms with Crippen molar-refractivity contribution in [2.75, 3.05) is 19.7 Å². The third kappa shape index (κ3) is 5.09. The number of rotatable bonds is 7. The molecule has 21 heavy (non-hydrogen) atoms. The van der Waals surface area contributed by atoms with Crippen LogP contribution in [0.2, 0.25) is 0 Å². The number of benzene rings is 1. The van der Waals surface area contributed by atoms with E-state index in [1.807, 2.05) is 13.8 Å². The number of hydrogen-bond donors (Lipinski definition) is 0. The average molecular weight is 317 g/mol. The summed E-state index contributed by atoms with van der Waals surface area (Å²) in [5.74, 6) is -1.09. The van der Waals surface area contributed by atoms with Crippen LogP contribution in [-0.4, -0.2) is 38.4 Å². The molecule has 0 amide bonds. The van der Waals surface area contributed by atoms with E-state index in [2.05, 4.69) is 0 Å². The van der Waals surface area contributed by atoms with Gasteiger partial charge in [0.2, 0.25) is 10.0 Å². The lowest BCUT2D eigenvalue weighted by Crippen LogP contribution is -2.38. The lowest BCUT2D eigenvalue weighted by Gasteiger charge is -2.23. The lowest BCUT2D eigenvalue weighted by atomic mass is 10.2. The standard InChI is InChI=1S/C14H20FNO4S/c1-4-20-14(17)10-16(9-11(2)3)21(18,19)13-7-5-12(15)6-8-13/h5-8,11H,4,9-10H2,1-3H3. The van der Waals surface area contributed by atoms with E-state index in [1.54, 1.807) is 6.92 Å². The molecule has 0 aliphatic rings. The summed E-state index contributed by atoms with van der Waals surface area (Å²) in [5, 5.41) is 0. The zero-order valence-electron chi connectivity index (χ0n) is 12.4. The summed E-state index contributed by atoms with van der Waals surface area (Å²) in [6, 6.07) is 4.52. The molecule has 0 aliphatic heterocycles. The van der Waals surface area contributed by atoms with Gasteiger partial charge in [0.1, 0.15) is 12.4 Å². The molecule has 0 aromatic heterocycles. The van der Waals surface area contributed by atoms with Gasteiger partial charge >= 0.3 is 5.97 Å². The van der Waals surface area contributed by atoms with Crippen molar-refractivity contribution in [1.29, 1.82) is 0 Å². The van der Waals surface area contributed by atoms with Crippen molar-refractivity contribution in [3.05, 3.63) is 30.1 Å². The van der Waals surface area contributed by atoms with E-state index in [0.717, 1.165) is 16.4 Å². The Bertz CT molecular complexity index is 569. The van der Waals surface area contributed by atoms with Crippen LogP contribution in [0, 0.1) is 11.7 Å². The molecule has 0 unspecified atom stereocenters. The van der Waals surface area contributed by atoms with Crippen molar-refractivity contribution in [3.63, 3.8) is 0 Å². The monoisotopic (exact) mass is 317 g/mol. The van der Waals surface area contributed by atoms with E-state index >= 15 is 0 Å². The summed E-state index contributed by atoms with van der Waals surface area (Å²) in [6.45, 7) is 5.35. The van der Waals surface area contributed by atoms with Gasteiger partial charge in [-0.15, -0.1) is 0 Å². The third-order valence-corrected chi connectivity index (χ3v) is 4.46. The van der Waals surface area contributed by atoms with Crippen LogP contribution < -0.4 is 0 Å². The zero-order valence-corrected chi connectivity index (χ0v) is 13.2. The van der Waals surface area contributed by atoms with Gasteiger partial charge in [0.15, 0.2) is 0 Å². The van der Waals surface area contributed by atoms with E-state index < -0.39 is 21.8 Å². The predicted molar refractivity (Wildman–Crippen MR) is 76.6 cm³/mol. The molecule has 0 fully saturated rings. The summed E-state index contributed by atoms with van der Waals surface area (Å²) >= 11 is 0. The van der Waals surface area contributed by atoms with Crippen LogP contribution in [0.5, 0.6) is 0 Å². The molecule has 1 aromatic carbocycles. The molecule has 7 heteroatoms. The minimum Gasteiger partial charge on any atom is -0.465 e. The Hall–Kier alpha value is -1.47. The fourth-order valence-electron chi connectivity index (χ4n) is 1.76. The summed E-state index contributed by atoms with van der Waals surface area (Å²) in [4.78, 5) is 11.5. The van der Waals surface area contributed by atoms with Gasteiger partial charge in [-0.05, 0) is 37.1 Å². The Morgan fingerprint density at radius 3 is 2.33 bits per heavy atom. The van der Waals surface area contributed by atoms with Crippen molar-refractivity contribution in [1.82, 2.24) is 4.31 Å². The number of carbonyl (C=O) groups is 1. The maximum absolute atomic E-state index is 12.9. The Kier molecular flexibility index (Phi) is 6.29. The number of hydrogen-bond acceptors (Lipinski definition) is 4. The van der Waals surface area contributed by atoms with Crippen molar-refractivity contribution in [3.8, 4) is 0 Å². The molecule has 5 nitrogen and oxygen atoms in total. The second kappa shape index (κ2) is 7.51. The van der Waals surface area contributed by atoms with Crippen LogP contribution in [-0.2, 0) is 19.6 Å². The molecule has 0 bridgehead atoms. The number of carbonyl (C=O) groups excluding carboxylic acids is 1. The molecule has 1 aromatic rings. The van der Waals surface area contributed by atoms with Crippen molar-refractivity contribution < 1.29 is 22.3 Å². The Morgan fingerprint density at radius 1 is 1.29 bits per heavy atom. The second-order valence-electron chi connectivity index (χ2n) is 4.95. The molecule has 0 spiro atoms. The van der Waals surface area contributed by atoms with Crippen molar-refractivity contribution >= 4 is 16.0 Å². The SMILES string of the molecule is CCOC(=O)CN(CC(C)C)S(=O)(=O)c1ccc(F)cc1. The topological polar surface area (TPSA) is 63.7 Å². The summed E-state index contributed by atoms with van der Waals surface area (Å²) in [6.07, 6.45) is 0. The molecule has 0 saturated carbocycles. The van der Waals surface area contributed by atoms with Crippen molar-refractivity contribution in [2.24, 2.45) is 5.92 Å². The van der Waals surface area contributed by atoms with E-state index in [9.17, 15) is 17.6 Å². The number of halogens is 1. The lowest BCUT2D eigenvalue weighted by molar-refractivity contribution is -0.143. The van der Waals surface area contributed by atoms with Crippen LogP contribution in [0.15, 0.2) is 29.2 Å². The molecule has 0 aliphatic carbocycles. The highest BCUT2D eigenvalue weighted by molar-refractivity contribution is 7.89. The molecule has 0 radical (unpaired) electrons. The van der Waals surface area contributed by atoms with Crippen LogP contribution in [0.4, 0.5) is 4.39 Å². The van der Waals surface area contributed by atoms with Crippen LogP contribution >= 0.6 is 0 Å². The predicted octanol–water partition coefficient (Wildman–Crippen LogP) is 2.04. The quantitative estimate of drug-likeness (QED) is 0.722. The third-order valence-electron chi connectivity index (χ3n) is 2.63. The minimum atomic E-state index is -3.86. The summed E-state index contributed by atoms with van der Waals surface area (Å²) in [5.41, 5.74) is 0. The fourth-order valence-corrected chi connectivity index (χ4v) is 3.31. The maximum Gasteiger partial charge on any atom is 0.321 e. The smallest absolute Gasteiger partial charge is 0.321 e. The van der Waals surface area contributed by atoms with E-state index in [1.165, 1.54) is 12.1 Å². The largest absolute Gasteiger partial charge is 0.465 e. The molecular formula is C14H20FNO4S. The van der Waals surface area contributed by atoms with E-state index in [4.69, 9.17) is 4.74 Å².